The van der Waals surface area contributed by atoms with E-state index in [0.717, 1.165) is 22.4 Å². The first-order chi connectivity index (χ1) is 15.1. The Morgan fingerprint density at radius 1 is 0.935 bits per heavy atom. The third-order valence-corrected chi connectivity index (χ3v) is 4.77. The molecule has 0 radical (unpaired) electrons. The molecule has 3 rings (SSSR count). The SMILES string of the molecule is CCOc1ccc(C(=O)N[C@@H](C)COC)cc1COc1ccc(-c2ccccc2)cc1. The predicted molar refractivity (Wildman–Crippen MR) is 123 cm³/mol. The van der Waals surface area contributed by atoms with Crippen LogP contribution in [0, 0.1) is 0 Å². The molecule has 1 N–H and O–H groups in total. The Labute approximate surface area is 184 Å². The molecule has 5 nitrogen and oxygen atoms in total. The first kappa shape index (κ1) is 22.4. The van der Waals surface area contributed by atoms with E-state index in [1.165, 1.54) is 0 Å². The van der Waals surface area contributed by atoms with E-state index in [2.05, 4.69) is 17.4 Å². The van der Waals surface area contributed by atoms with Crippen LogP contribution in [0.15, 0.2) is 72.8 Å². The quantitative estimate of drug-likeness (QED) is 0.497. The normalized spacial score (nSPS) is 11.6. The topological polar surface area (TPSA) is 56.8 Å². The van der Waals surface area contributed by atoms with Crippen molar-refractivity contribution in [1.29, 1.82) is 0 Å². The van der Waals surface area contributed by atoms with Crippen LogP contribution in [0.25, 0.3) is 11.1 Å². The molecular formula is C26H29NO4. The van der Waals surface area contributed by atoms with Gasteiger partial charge in [-0.1, -0.05) is 42.5 Å². The Bertz CT molecular complexity index is 970. The van der Waals surface area contributed by atoms with Gasteiger partial charge in [0.25, 0.3) is 5.91 Å². The summed E-state index contributed by atoms with van der Waals surface area (Å²) >= 11 is 0. The number of carbonyl (C=O) groups is 1. The van der Waals surface area contributed by atoms with Gasteiger partial charge in [0, 0.05) is 24.3 Å². The van der Waals surface area contributed by atoms with Crippen molar-refractivity contribution in [2.24, 2.45) is 0 Å². The fraction of sp³-hybridized carbons (Fsp3) is 0.269. The van der Waals surface area contributed by atoms with E-state index >= 15 is 0 Å². The van der Waals surface area contributed by atoms with Crippen molar-refractivity contribution in [1.82, 2.24) is 5.32 Å². The molecule has 0 aliphatic heterocycles. The van der Waals surface area contributed by atoms with Crippen LogP contribution in [0.4, 0.5) is 0 Å². The van der Waals surface area contributed by atoms with Crippen molar-refractivity contribution in [3.8, 4) is 22.6 Å². The maximum Gasteiger partial charge on any atom is 0.251 e. The Balaban J connectivity index is 1.71. The van der Waals surface area contributed by atoms with Crippen LogP contribution in [0.5, 0.6) is 11.5 Å². The van der Waals surface area contributed by atoms with E-state index in [-0.39, 0.29) is 11.9 Å². The van der Waals surface area contributed by atoms with Crippen LogP contribution in [0.2, 0.25) is 0 Å². The Hall–Kier alpha value is -3.31. The third kappa shape index (κ3) is 6.33. The molecule has 162 valence electrons. The van der Waals surface area contributed by atoms with Crippen LogP contribution < -0.4 is 14.8 Å². The molecule has 5 heteroatoms. The molecule has 0 bridgehead atoms. The highest BCUT2D eigenvalue weighted by atomic mass is 16.5. The molecule has 0 aliphatic carbocycles. The van der Waals surface area contributed by atoms with Gasteiger partial charge in [-0.3, -0.25) is 4.79 Å². The van der Waals surface area contributed by atoms with Crippen molar-refractivity contribution < 1.29 is 19.0 Å². The monoisotopic (exact) mass is 419 g/mol. The summed E-state index contributed by atoms with van der Waals surface area (Å²) in [7, 11) is 1.61. The summed E-state index contributed by atoms with van der Waals surface area (Å²) < 4.78 is 16.8. The van der Waals surface area contributed by atoms with Gasteiger partial charge >= 0.3 is 0 Å². The summed E-state index contributed by atoms with van der Waals surface area (Å²) in [4.78, 5) is 12.5. The van der Waals surface area contributed by atoms with Gasteiger partial charge in [-0.05, 0) is 55.3 Å². The highest BCUT2D eigenvalue weighted by molar-refractivity contribution is 5.94. The number of nitrogens with one attached hydrogen (secondary N) is 1. The fourth-order valence-electron chi connectivity index (χ4n) is 3.26. The lowest BCUT2D eigenvalue weighted by molar-refractivity contribution is 0.0905. The molecule has 1 amide bonds. The molecule has 0 saturated carbocycles. The summed E-state index contributed by atoms with van der Waals surface area (Å²) in [5, 5.41) is 2.93. The minimum Gasteiger partial charge on any atom is -0.493 e. The van der Waals surface area contributed by atoms with Crippen LogP contribution in [0.3, 0.4) is 0 Å². The molecule has 0 spiro atoms. The largest absolute Gasteiger partial charge is 0.493 e. The molecule has 1 atom stereocenters. The summed E-state index contributed by atoms with van der Waals surface area (Å²) in [6.07, 6.45) is 0. The van der Waals surface area contributed by atoms with Crippen LogP contribution in [0.1, 0.15) is 29.8 Å². The standard InChI is InChI=1S/C26H29NO4/c1-4-30-25-15-12-22(26(28)27-19(2)17-29-3)16-23(25)18-31-24-13-10-21(11-14-24)20-8-6-5-7-9-20/h5-16,19H,4,17-18H2,1-3H3,(H,27,28)/t19-/m0/s1. The molecule has 3 aromatic carbocycles. The summed E-state index contributed by atoms with van der Waals surface area (Å²) in [5.74, 6) is 1.32. The van der Waals surface area contributed by atoms with Crippen LogP contribution in [-0.4, -0.2) is 32.3 Å². The second-order valence-corrected chi connectivity index (χ2v) is 7.26. The lowest BCUT2D eigenvalue weighted by atomic mass is 10.1. The number of amides is 1. The number of hydrogen-bond donors (Lipinski definition) is 1. The van der Waals surface area contributed by atoms with Crippen molar-refractivity contribution in [2.75, 3.05) is 20.3 Å². The van der Waals surface area contributed by atoms with E-state index in [0.29, 0.717) is 31.1 Å². The third-order valence-electron chi connectivity index (χ3n) is 4.77. The zero-order valence-electron chi connectivity index (χ0n) is 18.3. The van der Waals surface area contributed by atoms with Gasteiger partial charge in [0.05, 0.1) is 13.2 Å². The van der Waals surface area contributed by atoms with Gasteiger partial charge in [-0.2, -0.15) is 0 Å². The predicted octanol–water partition coefficient (Wildman–Crippen LogP) is 5.10. The molecule has 0 fully saturated rings. The van der Waals surface area contributed by atoms with Crippen LogP contribution >= 0.6 is 0 Å². The molecule has 0 unspecified atom stereocenters. The van der Waals surface area contributed by atoms with Crippen LogP contribution in [-0.2, 0) is 11.3 Å². The smallest absolute Gasteiger partial charge is 0.251 e. The number of methoxy groups -OCH3 is 1. The average Bonchev–Trinajstić information content (AvgIpc) is 2.79. The first-order valence-electron chi connectivity index (χ1n) is 10.4. The van der Waals surface area contributed by atoms with Gasteiger partial charge < -0.3 is 19.5 Å². The highest BCUT2D eigenvalue weighted by Gasteiger charge is 2.13. The maximum absolute atomic E-state index is 12.5. The molecule has 0 aromatic heterocycles. The lowest BCUT2D eigenvalue weighted by Crippen LogP contribution is -2.35. The second-order valence-electron chi connectivity index (χ2n) is 7.26. The lowest BCUT2D eigenvalue weighted by Gasteiger charge is -2.15. The van der Waals surface area contributed by atoms with E-state index < -0.39 is 0 Å². The van der Waals surface area contributed by atoms with Gasteiger partial charge in [-0.25, -0.2) is 0 Å². The Morgan fingerprint density at radius 2 is 1.65 bits per heavy atom. The summed E-state index contributed by atoms with van der Waals surface area (Å²) in [6.45, 7) is 5.13. The molecular weight excluding hydrogens is 390 g/mol. The van der Waals surface area contributed by atoms with E-state index in [9.17, 15) is 4.79 Å². The highest BCUT2D eigenvalue weighted by Crippen LogP contribution is 2.25. The molecule has 0 saturated heterocycles. The number of benzene rings is 3. The maximum atomic E-state index is 12.5. The zero-order valence-corrected chi connectivity index (χ0v) is 18.3. The van der Waals surface area contributed by atoms with Gasteiger partial charge in [0.15, 0.2) is 0 Å². The van der Waals surface area contributed by atoms with E-state index in [1.54, 1.807) is 13.2 Å². The molecule has 3 aromatic rings. The Morgan fingerprint density at radius 3 is 2.32 bits per heavy atom. The number of carbonyl (C=O) groups excluding carboxylic acids is 1. The fourth-order valence-corrected chi connectivity index (χ4v) is 3.26. The Kier molecular flexibility index (Phi) is 8.07. The van der Waals surface area contributed by atoms with Crippen molar-refractivity contribution in [3.63, 3.8) is 0 Å². The second kappa shape index (κ2) is 11.2. The van der Waals surface area contributed by atoms with Crippen molar-refractivity contribution in [3.05, 3.63) is 83.9 Å². The van der Waals surface area contributed by atoms with Crippen molar-refractivity contribution in [2.45, 2.75) is 26.5 Å². The molecule has 31 heavy (non-hydrogen) atoms. The van der Waals surface area contributed by atoms with E-state index in [1.807, 2.05) is 68.4 Å². The van der Waals surface area contributed by atoms with E-state index in [4.69, 9.17) is 14.2 Å². The van der Waals surface area contributed by atoms with Gasteiger partial charge in [-0.15, -0.1) is 0 Å². The molecule has 0 aliphatic rings. The zero-order chi connectivity index (χ0) is 22.1. The summed E-state index contributed by atoms with van der Waals surface area (Å²) in [6, 6.07) is 23.5. The van der Waals surface area contributed by atoms with Crippen molar-refractivity contribution >= 4 is 5.91 Å². The minimum absolute atomic E-state index is 0.0769. The number of hydrogen-bond acceptors (Lipinski definition) is 4. The number of ether oxygens (including phenoxy) is 3. The minimum atomic E-state index is -0.152. The molecule has 0 heterocycles. The average molecular weight is 420 g/mol. The first-order valence-corrected chi connectivity index (χ1v) is 10.4. The van der Waals surface area contributed by atoms with Gasteiger partial charge in [0.1, 0.15) is 18.1 Å². The summed E-state index contributed by atoms with van der Waals surface area (Å²) in [5.41, 5.74) is 3.67. The van der Waals surface area contributed by atoms with Gasteiger partial charge in [0.2, 0.25) is 0 Å². The number of rotatable bonds is 10.